The van der Waals surface area contributed by atoms with Gasteiger partial charge in [-0.25, -0.2) is 0 Å². The van der Waals surface area contributed by atoms with E-state index in [1.807, 2.05) is 0 Å². The summed E-state index contributed by atoms with van der Waals surface area (Å²) in [5.41, 5.74) is 0. The zero-order valence-electron chi connectivity index (χ0n) is 33.4. The van der Waals surface area contributed by atoms with Crippen molar-refractivity contribution in [1.29, 1.82) is 10.8 Å². The summed E-state index contributed by atoms with van der Waals surface area (Å²) in [6.07, 6.45) is 4.83. The van der Waals surface area contributed by atoms with Crippen LogP contribution in [-0.2, 0) is 18.2 Å². The zero-order valence-corrected chi connectivity index (χ0v) is 40.4. The van der Waals surface area contributed by atoms with Gasteiger partial charge < -0.3 is 0 Å². The van der Waals surface area contributed by atoms with Crippen LogP contribution in [0.1, 0.15) is 0 Å². The van der Waals surface area contributed by atoms with Gasteiger partial charge in [-0.3, -0.25) is 0 Å². The fourth-order valence-corrected chi connectivity index (χ4v) is 17.6. The number of halogens is 1. The molecule has 8 aromatic carbocycles. The van der Waals surface area contributed by atoms with Gasteiger partial charge in [0.1, 0.15) is 0 Å². The quantitative estimate of drug-likeness (QED) is 0.0805. The fraction of sp³-hybridized carbons (Fsp3) is 0.0769. The molecule has 0 saturated heterocycles. The van der Waals surface area contributed by atoms with Gasteiger partial charge in [-0.05, 0) is 98.8 Å². The van der Waals surface area contributed by atoms with E-state index in [0.29, 0.717) is 0 Å². The first-order valence-corrected chi connectivity index (χ1v) is 29.2. The molecule has 0 aliphatic rings. The van der Waals surface area contributed by atoms with Gasteiger partial charge in [0.15, 0.2) is 0 Å². The van der Waals surface area contributed by atoms with Gasteiger partial charge in [-0.1, -0.05) is 243 Å². The summed E-state index contributed by atoms with van der Waals surface area (Å²) in [5, 5.41) is 23.8. The molecule has 8 rings (SSSR count). The predicted octanol–water partition coefficient (Wildman–Crippen LogP) is 11.2. The third-order valence-electron chi connectivity index (χ3n) is 9.64. The molecule has 0 heterocycles. The van der Waals surface area contributed by atoms with Crippen LogP contribution in [0, 0.1) is 10.8 Å². The number of hydrogen-bond donors (Lipinski definition) is 0. The van der Waals surface area contributed by atoms with Gasteiger partial charge in [0.2, 0.25) is 0 Å². The molecule has 0 aliphatic heterocycles. The van der Waals surface area contributed by atoms with E-state index in [4.69, 9.17) is 20.3 Å². The SMILES string of the molecule is N#N.[Cl][Re].c1ccc(P(CCP(c2ccccc2)c2ccccc2)c2ccccc2)cc1.c1ccc(P(CCP(c2ccccc2)c2ccccc2)c2ccccc2)cc1. The summed E-state index contributed by atoms with van der Waals surface area (Å²) in [7, 11) is 3.30. The molecule has 2 nitrogen and oxygen atoms in total. The molecule has 300 valence electrons. The van der Waals surface area contributed by atoms with E-state index in [-0.39, 0.29) is 31.7 Å². The Kier molecular flexibility index (Phi) is 21.6. The first kappa shape index (κ1) is 46.9. The van der Waals surface area contributed by atoms with Crippen LogP contribution in [0.5, 0.6) is 0 Å². The van der Waals surface area contributed by atoms with Crippen molar-refractivity contribution < 1.29 is 18.2 Å². The molecule has 0 aromatic heterocycles. The third kappa shape index (κ3) is 14.5. The average molecular weight is 1050 g/mol. The molecule has 0 atom stereocenters. The van der Waals surface area contributed by atoms with Gasteiger partial charge in [-0.15, -0.1) is 0 Å². The van der Waals surface area contributed by atoms with Crippen LogP contribution in [-0.4, -0.2) is 24.6 Å². The fourth-order valence-electron chi connectivity index (χ4n) is 6.89. The minimum atomic E-state index is -0.348. The molecule has 0 N–H and O–H groups in total. The van der Waals surface area contributed by atoms with Crippen molar-refractivity contribution in [3.05, 3.63) is 243 Å². The summed E-state index contributed by atoms with van der Waals surface area (Å²) in [4.78, 5) is 0. The summed E-state index contributed by atoms with van der Waals surface area (Å²) in [6, 6.07) is 88.4. The molecule has 0 amide bonds. The van der Waals surface area contributed by atoms with Crippen LogP contribution in [0.3, 0.4) is 0 Å². The first-order valence-electron chi connectivity index (χ1n) is 19.7. The Balaban J connectivity index is 0.000000210. The standard InChI is InChI=1S/2C26H24P2.ClH.N2.Re/c2*1-5-13-23(14-6-1)27(24-15-7-2-8-16-24)21-22-28(25-17-9-3-10-18-25)26-19-11-4-12-20-26;;1-2;/h2*1-20H,21-22H2;1H;;/q;;;;+1/p-1. The third-order valence-corrected chi connectivity index (χ3v) is 20.4. The van der Waals surface area contributed by atoms with E-state index in [2.05, 4.69) is 243 Å². The van der Waals surface area contributed by atoms with E-state index in [1.165, 1.54) is 85.3 Å². The Morgan fingerprint density at radius 2 is 0.333 bits per heavy atom. The molecule has 0 bridgehead atoms. The normalized spacial score (nSPS) is 10.5. The minimum absolute atomic E-state index is 0.348. The maximum atomic E-state index is 6.00. The van der Waals surface area contributed by atoms with Gasteiger partial charge in [-0.2, -0.15) is 0 Å². The van der Waals surface area contributed by atoms with E-state index in [0.717, 1.165) is 0 Å². The number of rotatable bonds is 14. The topological polar surface area (TPSA) is 47.6 Å². The van der Waals surface area contributed by atoms with E-state index in [9.17, 15) is 0 Å². The Morgan fingerprint density at radius 3 is 0.433 bits per heavy atom. The Hall–Kier alpha value is -4.15. The van der Waals surface area contributed by atoms with Crippen LogP contribution >= 0.6 is 41.2 Å². The van der Waals surface area contributed by atoms with Gasteiger partial charge >= 0.3 is 27.7 Å². The molecule has 0 spiro atoms. The molecule has 0 unspecified atom stereocenters. The van der Waals surface area contributed by atoms with Crippen LogP contribution in [0.15, 0.2) is 243 Å². The number of benzene rings is 8. The van der Waals surface area contributed by atoms with Crippen LogP contribution < -0.4 is 42.4 Å². The van der Waals surface area contributed by atoms with Crippen molar-refractivity contribution >= 4 is 83.7 Å². The Morgan fingerprint density at radius 1 is 0.233 bits per heavy atom. The monoisotopic (exact) mass is 1050 g/mol. The molecule has 60 heavy (non-hydrogen) atoms. The van der Waals surface area contributed by atoms with Crippen molar-refractivity contribution in [1.82, 2.24) is 0 Å². The second-order valence-corrected chi connectivity index (χ2v) is 22.6. The molecule has 0 radical (unpaired) electrons. The van der Waals surface area contributed by atoms with Crippen molar-refractivity contribution in [2.24, 2.45) is 0 Å². The molecule has 8 aromatic rings. The van der Waals surface area contributed by atoms with Crippen molar-refractivity contribution in [2.75, 3.05) is 24.6 Å². The minimum Gasteiger partial charge on any atom is -0.0622 e. The average Bonchev–Trinajstić information content (AvgIpc) is 3.35. The maximum Gasteiger partial charge on any atom is -0.0195 e. The van der Waals surface area contributed by atoms with Gasteiger partial charge in [0.05, 0.1) is 0 Å². The number of nitrogens with zero attached hydrogens (tertiary/aromatic N) is 2. The first-order chi connectivity index (χ1) is 29.8. The van der Waals surface area contributed by atoms with Crippen LogP contribution in [0.2, 0.25) is 0 Å². The Bertz CT molecular complexity index is 1830. The molecule has 0 aliphatic carbocycles. The van der Waals surface area contributed by atoms with Crippen molar-refractivity contribution in [3.8, 4) is 0 Å². The second-order valence-electron chi connectivity index (χ2n) is 13.3. The largest absolute Gasteiger partial charge is 0.0622 e. The molecule has 8 heteroatoms. The van der Waals surface area contributed by atoms with Crippen LogP contribution in [0.25, 0.3) is 0 Å². The van der Waals surface area contributed by atoms with Crippen LogP contribution in [0.4, 0.5) is 0 Å². The second kappa shape index (κ2) is 27.6. The van der Waals surface area contributed by atoms with E-state index in [1.54, 1.807) is 0 Å². The summed E-state index contributed by atoms with van der Waals surface area (Å²) in [6.45, 7) is 0. The molecule has 0 saturated carbocycles. The van der Waals surface area contributed by atoms with Gasteiger partial charge in [0, 0.05) is 10.8 Å². The smallest absolute Gasteiger partial charge is 0.0195 e. The molecule has 0 fully saturated rings. The predicted molar refractivity (Wildman–Crippen MR) is 265 cm³/mol. The summed E-state index contributed by atoms with van der Waals surface area (Å²) in [5.74, 6) is 0. The molecular formula is C52H48ClN2P4Re. The van der Waals surface area contributed by atoms with E-state index < -0.39 is 0 Å². The van der Waals surface area contributed by atoms with Crippen molar-refractivity contribution in [2.45, 2.75) is 0 Å². The summed E-state index contributed by atoms with van der Waals surface area (Å²) >= 11 is 1.19. The van der Waals surface area contributed by atoms with E-state index >= 15 is 0 Å². The number of hydrogen-bond acceptors (Lipinski definition) is 2. The zero-order chi connectivity index (χ0) is 42.0. The Labute approximate surface area is 377 Å². The molecular weight excluding hydrogens is 998 g/mol. The summed E-state index contributed by atoms with van der Waals surface area (Å²) < 4.78 is 0. The van der Waals surface area contributed by atoms with Crippen molar-refractivity contribution in [3.63, 3.8) is 0 Å². The van der Waals surface area contributed by atoms with Gasteiger partial charge in [0.25, 0.3) is 0 Å². The maximum absolute atomic E-state index is 6.00.